The summed E-state index contributed by atoms with van der Waals surface area (Å²) in [7, 11) is 1.38. The van der Waals surface area contributed by atoms with E-state index in [4.69, 9.17) is 0 Å². The second kappa shape index (κ2) is 5.87. The average molecular weight is 276 g/mol. The maximum atomic E-state index is 11.4. The second-order valence-corrected chi connectivity index (χ2v) is 3.93. The summed E-state index contributed by atoms with van der Waals surface area (Å²) in [6, 6.07) is -0.355. The first-order valence-corrected chi connectivity index (χ1v) is 5.45. The minimum atomic E-state index is -0.355. The number of ether oxygens (including phenoxy) is 1. The number of aromatic nitrogens is 2. The first-order chi connectivity index (χ1) is 7.17. The van der Waals surface area contributed by atoms with Crippen molar-refractivity contribution in [1.82, 2.24) is 15.1 Å². The van der Waals surface area contributed by atoms with Crippen molar-refractivity contribution in [3.05, 3.63) is 16.9 Å². The molecule has 5 nitrogen and oxygen atoms in total. The van der Waals surface area contributed by atoms with Gasteiger partial charge in [-0.2, -0.15) is 5.10 Å². The number of esters is 1. The molecule has 0 aliphatic carbocycles. The minimum Gasteiger partial charge on any atom is -0.468 e. The molecule has 0 bridgehead atoms. The van der Waals surface area contributed by atoms with Gasteiger partial charge in [0, 0.05) is 6.20 Å². The zero-order chi connectivity index (χ0) is 11.3. The van der Waals surface area contributed by atoms with Crippen LogP contribution in [0.2, 0.25) is 0 Å². The van der Waals surface area contributed by atoms with Gasteiger partial charge in [-0.15, -0.1) is 0 Å². The molecule has 84 valence electrons. The molecule has 15 heavy (non-hydrogen) atoms. The maximum absolute atomic E-state index is 11.4. The molecular weight excluding hydrogens is 262 g/mol. The van der Waals surface area contributed by atoms with Crippen molar-refractivity contribution in [3.63, 3.8) is 0 Å². The molecule has 1 aromatic heterocycles. The van der Waals surface area contributed by atoms with Gasteiger partial charge in [-0.1, -0.05) is 6.92 Å². The molecule has 0 saturated heterocycles. The van der Waals surface area contributed by atoms with E-state index in [0.717, 1.165) is 4.47 Å². The Kier molecular flexibility index (Phi) is 4.77. The Morgan fingerprint density at radius 2 is 2.53 bits per heavy atom. The average Bonchev–Trinajstić information content (AvgIpc) is 2.62. The Labute approximate surface area is 96.9 Å². The lowest BCUT2D eigenvalue weighted by atomic mass is 10.3. The van der Waals surface area contributed by atoms with E-state index in [-0.39, 0.29) is 12.0 Å². The maximum Gasteiger partial charge on any atom is 0.324 e. The molecule has 0 saturated carbocycles. The standard InChI is InChI=1S/C9H14BrN3O2/c1-3-11-8(9(14)15-2)6-13-5-7(10)4-12-13/h4-5,8,11H,3,6H2,1-2H3. The topological polar surface area (TPSA) is 56.2 Å². The van der Waals surface area contributed by atoms with Crippen LogP contribution in [0.3, 0.4) is 0 Å². The van der Waals surface area contributed by atoms with Gasteiger partial charge < -0.3 is 10.1 Å². The lowest BCUT2D eigenvalue weighted by molar-refractivity contribution is -0.143. The largest absolute Gasteiger partial charge is 0.468 e. The summed E-state index contributed by atoms with van der Waals surface area (Å²) in [4.78, 5) is 11.4. The van der Waals surface area contributed by atoms with Crippen LogP contribution in [0.4, 0.5) is 0 Å². The number of rotatable bonds is 5. The van der Waals surface area contributed by atoms with Crippen LogP contribution in [-0.4, -0.2) is 35.4 Å². The van der Waals surface area contributed by atoms with Crippen molar-refractivity contribution in [2.45, 2.75) is 19.5 Å². The molecule has 1 atom stereocenters. The fourth-order valence-electron chi connectivity index (χ4n) is 1.24. The van der Waals surface area contributed by atoms with Gasteiger partial charge in [0.25, 0.3) is 0 Å². The zero-order valence-electron chi connectivity index (χ0n) is 8.74. The Bertz CT molecular complexity index is 327. The van der Waals surface area contributed by atoms with Crippen LogP contribution >= 0.6 is 15.9 Å². The van der Waals surface area contributed by atoms with Crippen molar-refractivity contribution in [1.29, 1.82) is 0 Å². The second-order valence-electron chi connectivity index (χ2n) is 3.01. The van der Waals surface area contributed by atoms with Crippen molar-refractivity contribution >= 4 is 21.9 Å². The number of nitrogens with one attached hydrogen (secondary N) is 1. The SMILES string of the molecule is CCNC(Cn1cc(Br)cn1)C(=O)OC. The van der Waals surface area contributed by atoms with E-state index in [1.54, 1.807) is 10.9 Å². The Hall–Kier alpha value is -0.880. The molecule has 0 aliphatic rings. The van der Waals surface area contributed by atoms with Crippen LogP contribution in [0.1, 0.15) is 6.92 Å². The molecule has 0 spiro atoms. The molecule has 1 rings (SSSR count). The summed E-state index contributed by atoms with van der Waals surface area (Å²) in [6.07, 6.45) is 3.49. The fraction of sp³-hybridized carbons (Fsp3) is 0.556. The molecule has 1 heterocycles. The van der Waals surface area contributed by atoms with Gasteiger partial charge >= 0.3 is 5.97 Å². The normalized spacial score (nSPS) is 12.5. The van der Waals surface area contributed by atoms with Crippen molar-refractivity contribution in [3.8, 4) is 0 Å². The van der Waals surface area contributed by atoms with Gasteiger partial charge in [0.15, 0.2) is 0 Å². The number of hydrogen-bond acceptors (Lipinski definition) is 4. The highest BCUT2D eigenvalue weighted by Gasteiger charge is 2.18. The predicted octanol–water partition coefficient (Wildman–Crippen LogP) is 0.797. The van der Waals surface area contributed by atoms with E-state index in [0.29, 0.717) is 13.1 Å². The van der Waals surface area contributed by atoms with Gasteiger partial charge in [-0.05, 0) is 22.5 Å². The number of hydrogen-bond donors (Lipinski definition) is 1. The number of carbonyl (C=O) groups excluding carboxylic acids is 1. The predicted molar refractivity (Wildman–Crippen MR) is 59.4 cm³/mol. The zero-order valence-corrected chi connectivity index (χ0v) is 10.3. The Morgan fingerprint density at radius 3 is 3.00 bits per heavy atom. The van der Waals surface area contributed by atoms with E-state index in [1.165, 1.54) is 7.11 Å². The van der Waals surface area contributed by atoms with Crippen LogP contribution in [0.15, 0.2) is 16.9 Å². The van der Waals surface area contributed by atoms with Gasteiger partial charge in [0.2, 0.25) is 0 Å². The number of likely N-dealkylation sites (N-methyl/N-ethyl adjacent to an activating group) is 1. The van der Waals surface area contributed by atoms with Gasteiger partial charge in [0.05, 0.1) is 24.3 Å². The lowest BCUT2D eigenvalue weighted by Gasteiger charge is -2.14. The number of nitrogens with zero attached hydrogens (tertiary/aromatic N) is 2. The van der Waals surface area contributed by atoms with E-state index in [9.17, 15) is 4.79 Å². The monoisotopic (exact) mass is 275 g/mol. The van der Waals surface area contributed by atoms with Crippen molar-refractivity contribution < 1.29 is 9.53 Å². The number of carbonyl (C=O) groups is 1. The highest BCUT2D eigenvalue weighted by Crippen LogP contribution is 2.06. The van der Waals surface area contributed by atoms with Gasteiger partial charge in [-0.25, -0.2) is 0 Å². The summed E-state index contributed by atoms with van der Waals surface area (Å²) in [5, 5.41) is 7.12. The first kappa shape index (κ1) is 12.2. The fourth-order valence-corrected chi connectivity index (χ4v) is 1.56. The minimum absolute atomic E-state index is 0.275. The Balaban J connectivity index is 2.62. The summed E-state index contributed by atoms with van der Waals surface area (Å²) in [5.41, 5.74) is 0. The summed E-state index contributed by atoms with van der Waals surface area (Å²) in [5.74, 6) is -0.275. The molecule has 1 N–H and O–H groups in total. The first-order valence-electron chi connectivity index (χ1n) is 4.66. The molecular formula is C9H14BrN3O2. The van der Waals surface area contributed by atoms with Crippen LogP contribution in [-0.2, 0) is 16.1 Å². The molecule has 0 amide bonds. The van der Waals surface area contributed by atoms with E-state index in [1.807, 2.05) is 13.1 Å². The lowest BCUT2D eigenvalue weighted by Crippen LogP contribution is -2.41. The Morgan fingerprint density at radius 1 is 1.80 bits per heavy atom. The number of halogens is 1. The highest BCUT2D eigenvalue weighted by atomic mass is 79.9. The van der Waals surface area contributed by atoms with Gasteiger partial charge in [0.1, 0.15) is 6.04 Å². The highest BCUT2D eigenvalue weighted by molar-refractivity contribution is 9.10. The van der Waals surface area contributed by atoms with Gasteiger partial charge in [-0.3, -0.25) is 9.48 Å². The van der Waals surface area contributed by atoms with Crippen LogP contribution < -0.4 is 5.32 Å². The van der Waals surface area contributed by atoms with E-state index >= 15 is 0 Å². The third kappa shape index (κ3) is 3.64. The number of methoxy groups -OCH3 is 1. The summed E-state index contributed by atoms with van der Waals surface area (Å²) in [6.45, 7) is 3.11. The third-order valence-electron chi connectivity index (χ3n) is 1.91. The van der Waals surface area contributed by atoms with Crippen LogP contribution in [0.5, 0.6) is 0 Å². The molecule has 1 unspecified atom stereocenters. The molecule has 0 aromatic carbocycles. The van der Waals surface area contributed by atoms with Crippen molar-refractivity contribution in [2.24, 2.45) is 0 Å². The molecule has 0 aliphatic heterocycles. The van der Waals surface area contributed by atoms with Crippen LogP contribution in [0, 0.1) is 0 Å². The van der Waals surface area contributed by atoms with Crippen molar-refractivity contribution in [2.75, 3.05) is 13.7 Å². The molecule has 0 radical (unpaired) electrons. The quantitative estimate of drug-likeness (QED) is 0.808. The summed E-state index contributed by atoms with van der Waals surface area (Å²) < 4.78 is 7.27. The van der Waals surface area contributed by atoms with E-state index < -0.39 is 0 Å². The van der Waals surface area contributed by atoms with E-state index in [2.05, 4.69) is 31.1 Å². The summed E-state index contributed by atoms with van der Waals surface area (Å²) >= 11 is 3.30. The third-order valence-corrected chi connectivity index (χ3v) is 2.32. The molecule has 1 aromatic rings. The smallest absolute Gasteiger partial charge is 0.324 e. The van der Waals surface area contributed by atoms with Crippen LogP contribution in [0.25, 0.3) is 0 Å². The molecule has 0 fully saturated rings. The molecule has 6 heteroatoms.